The molecule has 0 saturated carbocycles. The van der Waals surface area contributed by atoms with Crippen molar-refractivity contribution >= 4 is 33.8 Å². The van der Waals surface area contributed by atoms with Gasteiger partial charge in [-0.05, 0) is 0 Å². The van der Waals surface area contributed by atoms with E-state index in [9.17, 15) is 9.59 Å². The molecule has 0 fully saturated rings. The first-order chi connectivity index (χ1) is 14.5. The molecule has 0 N–H and O–H groups in total. The molecule has 0 saturated heterocycles. The van der Waals surface area contributed by atoms with E-state index >= 15 is 0 Å². The summed E-state index contributed by atoms with van der Waals surface area (Å²) < 4.78 is 10.8. The van der Waals surface area contributed by atoms with Crippen molar-refractivity contribution in [3.05, 3.63) is 29.3 Å². The zero-order valence-electron chi connectivity index (χ0n) is 19.6. The van der Waals surface area contributed by atoms with Crippen LogP contribution in [0.3, 0.4) is 0 Å². The van der Waals surface area contributed by atoms with Crippen LogP contribution in [0.15, 0.2) is 18.2 Å². The van der Waals surface area contributed by atoms with Crippen LogP contribution in [-0.4, -0.2) is 54.8 Å². The summed E-state index contributed by atoms with van der Waals surface area (Å²) in [5, 5.41) is 0. The van der Waals surface area contributed by atoms with Crippen LogP contribution >= 0.6 is 0 Å². The topological polar surface area (TPSA) is 46.6 Å². The first-order valence-electron chi connectivity index (χ1n) is 12.1. The van der Waals surface area contributed by atoms with E-state index in [4.69, 9.17) is 4.74 Å². The number of unbranched alkanes of at least 4 members (excludes halogenated alkanes) is 3. The van der Waals surface area contributed by atoms with Crippen LogP contribution in [0, 0.1) is 0 Å². The van der Waals surface area contributed by atoms with E-state index in [1.165, 1.54) is 55.4 Å². The molecule has 0 aliphatic carbocycles. The molecule has 0 aromatic heterocycles. The molecule has 0 bridgehead atoms. The number of fused-ring (bicyclic) bond motifs is 1. The van der Waals surface area contributed by atoms with Crippen LogP contribution in [0.5, 0.6) is 0 Å². The number of rotatable bonds is 13. The van der Waals surface area contributed by atoms with E-state index in [-0.39, 0.29) is 18.4 Å². The molecule has 0 unspecified atom stereocenters. The van der Waals surface area contributed by atoms with Gasteiger partial charge < -0.3 is 0 Å². The Morgan fingerprint density at radius 3 is 2.13 bits per heavy atom. The molecule has 2 rings (SSSR count). The zero-order chi connectivity index (χ0) is 22.0. The van der Waals surface area contributed by atoms with Gasteiger partial charge in [0.05, 0.1) is 0 Å². The minimum atomic E-state index is -2.58. The summed E-state index contributed by atoms with van der Waals surface area (Å²) in [5.41, 5.74) is 1.99. The summed E-state index contributed by atoms with van der Waals surface area (Å²) >= 11 is -2.58. The molecule has 0 spiro atoms. The van der Waals surface area contributed by atoms with Gasteiger partial charge in [0.15, 0.2) is 0 Å². The molecule has 168 valence electrons. The Labute approximate surface area is 187 Å². The molecular weight excluding hydrogens is 481 g/mol. The fourth-order valence-corrected chi connectivity index (χ4v) is 20.7. The van der Waals surface area contributed by atoms with Crippen LogP contribution in [-0.2, 0) is 16.0 Å². The predicted octanol–water partition coefficient (Wildman–Crippen LogP) is 5.30. The number of esters is 1. The average Bonchev–Trinajstić information content (AvgIpc) is 2.75. The second-order valence-corrected chi connectivity index (χ2v) is 22.0. The Kier molecular flexibility index (Phi) is 10.7. The first kappa shape index (κ1) is 25.2. The van der Waals surface area contributed by atoms with Crippen molar-refractivity contribution in [3.8, 4) is 0 Å². The van der Waals surface area contributed by atoms with Crippen molar-refractivity contribution in [1.29, 1.82) is 0 Å². The number of benzene rings is 1. The Hall–Kier alpha value is -1.04. The standard InChI is InChI=1S/C13H14NO3.3C4H9.Sn/c1-2-17-12(15)9-14-8-7-10-5-3-4-6-11(10)13(14)16;3*1-3-4-2;/h3,5-6H,2,7-9H2,1H3;3*1,3-4H2,2H3;. The molecule has 1 heterocycles. The Balaban J connectivity index is 2.36. The number of ether oxygens (including phenoxy) is 1. The number of hydrogen-bond donors (Lipinski definition) is 0. The van der Waals surface area contributed by atoms with Crippen molar-refractivity contribution in [3.63, 3.8) is 0 Å². The van der Waals surface area contributed by atoms with E-state index in [0.29, 0.717) is 13.2 Å². The van der Waals surface area contributed by atoms with Crippen LogP contribution < -0.4 is 3.58 Å². The summed E-state index contributed by atoms with van der Waals surface area (Å²) in [4.78, 5) is 26.8. The van der Waals surface area contributed by atoms with Gasteiger partial charge in [0.1, 0.15) is 0 Å². The molecule has 0 radical (unpaired) electrons. The first-order valence-corrected chi connectivity index (χ1v) is 19.6. The molecule has 1 aliphatic heterocycles. The van der Waals surface area contributed by atoms with Gasteiger partial charge in [-0.15, -0.1) is 0 Å². The summed E-state index contributed by atoms with van der Waals surface area (Å²) in [6.45, 7) is 9.68. The minimum absolute atomic E-state index is 0.00724. The maximum absolute atomic E-state index is 13.2. The van der Waals surface area contributed by atoms with Gasteiger partial charge in [-0.1, -0.05) is 0 Å². The number of amides is 1. The third kappa shape index (κ3) is 6.48. The van der Waals surface area contributed by atoms with Gasteiger partial charge in [0, 0.05) is 0 Å². The maximum atomic E-state index is 13.2. The van der Waals surface area contributed by atoms with Crippen molar-refractivity contribution < 1.29 is 14.3 Å². The Morgan fingerprint density at radius 2 is 1.60 bits per heavy atom. The second kappa shape index (κ2) is 12.7. The average molecular weight is 522 g/mol. The molecule has 1 aromatic rings. The molecule has 5 heteroatoms. The third-order valence-corrected chi connectivity index (χ3v) is 22.1. The molecule has 1 amide bonds. The number of nitrogens with zero attached hydrogens (tertiary/aromatic N) is 1. The summed E-state index contributed by atoms with van der Waals surface area (Å²) in [6.07, 6.45) is 8.48. The van der Waals surface area contributed by atoms with Gasteiger partial charge in [0.25, 0.3) is 0 Å². The Bertz CT molecular complexity index is 682. The van der Waals surface area contributed by atoms with Gasteiger partial charge in [-0.3, -0.25) is 0 Å². The van der Waals surface area contributed by atoms with Crippen LogP contribution in [0.25, 0.3) is 0 Å². The van der Waals surface area contributed by atoms with Gasteiger partial charge in [-0.25, -0.2) is 0 Å². The third-order valence-electron chi connectivity index (χ3n) is 6.54. The van der Waals surface area contributed by atoms with E-state index in [2.05, 4.69) is 39.0 Å². The molecular formula is C25H41NO3Sn. The van der Waals surface area contributed by atoms with Gasteiger partial charge >= 0.3 is 188 Å². The van der Waals surface area contributed by atoms with Crippen molar-refractivity contribution in [2.45, 2.75) is 86.0 Å². The predicted molar refractivity (Wildman–Crippen MR) is 127 cm³/mol. The molecule has 1 aromatic carbocycles. The van der Waals surface area contributed by atoms with E-state index < -0.39 is 18.4 Å². The van der Waals surface area contributed by atoms with Crippen LogP contribution in [0.1, 0.15) is 82.1 Å². The fourth-order valence-electron chi connectivity index (χ4n) is 4.72. The van der Waals surface area contributed by atoms with Crippen LogP contribution in [0.4, 0.5) is 0 Å². The van der Waals surface area contributed by atoms with E-state index in [0.717, 1.165) is 17.5 Å². The van der Waals surface area contributed by atoms with E-state index in [1.54, 1.807) is 11.8 Å². The summed E-state index contributed by atoms with van der Waals surface area (Å²) in [7, 11) is 0. The summed E-state index contributed by atoms with van der Waals surface area (Å²) in [5.74, 6) is -0.305. The van der Waals surface area contributed by atoms with E-state index in [1.807, 2.05) is 0 Å². The van der Waals surface area contributed by atoms with Crippen LogP contribution in [0.2, 0.25) is 13.3 Å². The Morgan fingerprint density at radius 1 is 1.00 bits per heavy atom. The number of carbonyl (C=O) groups is 2. The quantitative estimate of drug-likeness (QED) is 0.261. The normalized spacial score (nSPS) is 14.0. The molecule has 4 nitrogen and oxygen atoms in total. The number of hydrogen-bond acceptors (Lipinski definition) is 3. The monoisotopic (exact) mass is 523 g/mol. The second-order valence-electron chi connectivity index (χ2n) is 8.74. The SMILES string of the molecule is CCC[CH2][Sn]([CH2]CCC)([CH2]CCC)[c]1ccc2c(c1)C(=O)N(CC(=O)OCC)CC2. The molecule has 1 aliphatic rings. The van der Waals surface area contributed by atoms with Crippen molar-refractivity contribution in [2.24, 2.45) is 0 Å². The molecule has 30 heavy (non-hydrogen) atoms. The van der Waals surface area contributed by atoms with Crippen molar-refractivity contribution in [2.75, 3.05) is 19.7 Å². The van der Waals surface area contributed by atoms with Gasteiger partial charge in [-0.2, -0.15) is 0 Å². The fraction of sp³-hybridized carbons (Fsp3) is 0.680. The molecule has 0 atom stereocenters. The number of carbonyl (C=O) groups excluding carboxylic acids is 2. The van der Waals surface area contributed by atoms with Crippen molar-refractivity contribution in [1.82, 2.24) is 4.90 Å². The zero-order valence-corrected chi connectivity index (χ0v) is 22.5. The summed E-state index contributed by atoms with van der Waals surface area (Å²) in [6, 6.07) is 6.86. The van der Waals surface area contributed by atoms with Gasteiger partial charge in [0.2, 0.25) is 0 Å².